The summed E-state index contributed by atoms with van der Waals surface area (Å²) in [5, 5.41) is 3.53. The van der Waals surface area contributed by atoms with Crippen LogP contribution in [0.1, 0.15) is 45.7 Å². The number of nitrogens with one attached hydrogen (secondary N) is 1. The number of halogens is 1. The first kappa shape index (κ1) is 18.5. The van der Waals surface area contributed by atoms with Crippen LogP contribution >= 0.6 is 15.9 Å². The lowest BCUT2D eigenvalue weighted by Gasteiger charge is -2.29. The summed E-state index contributed by atoms with van der Waals surface area (Å²) in [7, 11) is 1.75. The van der Waals surface area contributed by atoms with E-state index < -0.39 is 0 Å². The van der Waals surface area contributed by atoms with E-state index in [4.69, 9.17) is 4.74 Å². The fourth-order valence-corrected chi connectivity index (χ4v) is 3.10. The molecule has 0 aliphatic carbocycles. The van der Waals surface area contributed by atoms with Crippen LogP contribution in [-0.4, -0.2) is 32.8 Å². The summed E-state index contributed by atoms with van der Waals surface area (Å²) < 4.78 is 6.38. The Labute approximate surface area is 138 Å². The first-order valence-electron chi connectivity index (χ1n) is 7.79. The number of nitrogens with zero attached hydrogens (tertiary/aromatic N) is 1. The minimum atomic E-state index is 0.361. The van der Waals surface area contributed by atoms with Crippen molar-refractivity contribution in [2.75, 3.05) is 31.7 Å². The predicted octanol–water partition coefficient (Wildman–Crippen LogP) is 4.37. The van der Waals surface area contributed by atoms with Crippen LogP contribution in [-0.2, 0) is 4.74 Å². The number of anilines is 1. The Morgan fingerprint density at radius 3 is 2.52 bits per heavy atom. The Hall–Kier alpha value is -0.580. The summed E-state index contributed by atoms with van der Waals surface area (Å²) in [6.45, 7) is 11.5. The van der Waals surface area contributed by atoms with Crippen LogP contribution in [0.5, 0.6) is 0 Å². The zero-order chi connectivity index (χ0) is 15.8. The number of hydrogen-bond donors (Lipinski definition) is 1. The van der Waals surface area contributed by atoms with Gasteiger partial charge in [0.25, 0.3) is 0 Å². The second kappa shape index (κ2) is 9.44. The molecule has 21 heavy (non-hydrogen) atoms. The van der Waals surface area contributed by atoms with Crippen molar-refractivity contribution in [3.63, 3.8) is 0 Å². The van der Waals surface area contributed by atoms with Gasteiger partial charge in [0.15, 0.2) is 0 Å². The topological polar surface area (TPSA) is 24.5 Å². The highest BCUT2D eigenvalue weighted by atomic mass is 79.9. The van der Waals surface area contributed by atoms with Crippen LogP contribution in [0.4, 0.5) is 5.69 Å². The summed E-state index contributed by atoms with van der Waals surface area (Å²) in [6.07, 6.45) is 1.15. The molecule has 3 nitrogen and oxygen atoms in total. The van der Waals surface area contributed by atoms with Crippen LogP contribution in [0.2, 0.25) is 0 Å². The van der Waals surface area contributed by atoms with E-state index in [0.29, 0.717) is 12.1 Å². The molecular weight excluding hydrogens is 328 g/mol. The Balaban J connectivity index is 2.88. The van der Waals surface area contributed by atoms with Gasteiger partial charge in [0.2, 0.25) is 0 Å². The normalized spacial score (nSPS) is 12.7. The van der Waals surface area contributed by atoms with Gasteiger partial charge in [-0.3, -0.25) is 0 Å². The molecule has 1 atom stereocenters. The summed E-state index contributed by atoms with van der Waals surface area (Å²) in [6, 6.07) is 7.46. The molecule has 1 aromatic carbocycles. The van der Waals surface area contributed by atoms with Crippen molar-refractivity contribution < 1.29 is 4.74 Å². The van der Waals surface area contributed by atoms with E-state index in [1.165, 1.54) is 15.7 Å². The molecule has 120 valence electrons. The van der Waals surface area contributed by atoms with E-state index in [1.54, 1.807) is 7.11 Å². The number of rotatable bonds is 9. The quantitative estimate of drug-likeness (QED) is 0.710. The third-order valence-corrected chi connectivity index (χ3v) is 4.33. The molecule has 0 saturated heterocycles. The van der Waals surface area contributed by atoms with Gasteiger partial charge in [0.1, 0.15) is 0 Å². The largest absolute Gasteiger partial charge is 0.383 e. The Morgan fingerprint density at radius 2 is 2.00 bits per heavy atom. The van der Waals surface area contributed by atoms with Crippen molar-refractivity contribution in [1.29, 1.82) is 0 Å². The van der Waals surface area contributed by atoms with Gasteiger partial charge in [-0.1, -0.05) is 28.9 Å². The van der Waals surface area contributed by atoms with Gasteiger partial charge in [-0.25, -0.2) is 0 Å². The highest BCUT2D eigenvalue weighted by Crippen LogP contribution is 2.29. The fourth-order valence-electron chi connectivity index (χ4n) is 2.39. The lowest BCUT2D eigenvalue weighted by molar-refractivity contribution is 0.204. The van der Waals surface area contributed by atoms with Crippen LogP contribution in [0.3, 0.4) is 0 Å². The smallest absolute Gasteiger partial charge is 0.0637 e. The number of hydrogen-bond acceptors (Lipinski definition) is 3. The van der Waals surface area contributed by atoms with E-state index in [0.717, 1.165) is 26.1 Å². The second-order valence-electron chi connectivity index (χ2n) is 5.66. The van der Waals surface area contributed by atoms with Crippen molar-refractivity contribution in [2.45, 2.75) is 46.2 Å². The van der Waals surface area contributed by atoms with Gasteiger partial charge < -0.3 is 15.0 Å². The third-order valence-electron chi connectivity index (χ3n) is 3.64. The maximum Gasteiger partial charge on any atom is 0.0637 e. The molecule has 0 amide bonds. The molecule has 0 bridgehead atoms. The highest BCUT2D eigenvalue weighted by molar-refractivity contribution is 9.10. The number of methoxy groups -OCH3 is 1. The summed E-state index contributed by atoms with van der Waals surface area (Å²) >= 11 is 3.73. The molecule has 0 fully saturated rings. The molecular formula is C17H29BrN2O. The van der Waals surface area contributed by atoms with E-state index in [-0.39, 0.29) is 0 Å². The molecule has 0 spiro atoms. The minimum absolute atomic E-state index is 0.361. The first-order chi connectivity index (χ1) is 10.0. The Morgan fingerprint density at radius 1 is 1.29 bits per heavy atom. The molecule has 0 saturated carbocycles. The van der Waals surface area contributed by atoms with Crippen molar-refractivity contribution >= 4 is 21.6 Å². The standard InChI is InChI=1S/C17H29BrN2O/c1-6-9-19-14(4)16-8-7-15(12-17(16)18)20(13(2)3)10-11-21-5/h7-8,12-14,19H,6,9-11H2,1-5H3. The average Bonchev–Trinajstić information content (AvgIpc) is 2.45. The van der Waals surface area contributed by atoms with Gasteiger partial charge >= 0.3 is 0 Å². The van der Waals surface area contributed by atoms with E-state index in [2.05, 4.69) is 72.0 Å². The van der Waals surface area contributed by atoms with Crippen LogP contribution in [0, 0.1) is 0 Å². The molecule has 1 unspecified atom stereocenters. The van der Waals surface area contributed by atoms with Crippen LogP contribution in [0.15, 0.2) is 22.7 Å². The Bertz CT molecular complexity index is 423. The SMILES string of the molecule is CCCNC(C)c1ccc(N(CCOC)C(C)C)cc1Br. The van der Waals surface area contributed by atoms with Crippen LogP contribution in [0.25, 0.3) is 0 Å². The zero-order valence-corrected chi connectivity index (χ0v) is 15.5. The molecule has 0 heterocycles. The fraction of sp³-hybridized carbons (Fsp3) is 0.647. The van der Waals surface area contributed by atoms with E-state index in [9.17, 15) is 0 Å². The molecule has 1 N–H and O–H groups in total. The van der Waals surface area contributed by atoms with Gasteiger partial charge in [-0.05, 0) is 51.4 Å². The second-order valence-corrected chi connectivity index (χ2v) is 6.52. The third kappa shape index (κ3) is 5.61. The van der Waals surface area contributed by atoms with Gasteiger partial charge in [-0.2, -0.15) is 0 Å². The molecule has 0 aliphatic rings. The van der Waals surface area contributed by atoms with Crippen molar-refractivity contribution in [3.05, 3.63) is 28.2 Å². The molecule has 0 aromatic heterocycles. The predicted molar refractivity (Wildman–Crippen MR) is 95.2 cm³/mol. The molecule has 4 heteroatoms. The van der Waals surface area contributed by atoms with Gasteiger partial charge in [0.05, 0.1) is 6.61 Å². The minimum Gasteiger partial charge on any atom is -0.383 e. The summed E-state index contributed by atoms with van der Waals surface area (Å²) in [5.74, 6) is 0. The lowest BCUT2D eigenvalue weighted by atomic mass is 10.1. The first-order valence-corrected chi connectivity index (χ1v) is 8.59. The Kier molecular flexibility index (Phi) is 8.30. The highest BCUT2D eigenvalue weighted by Gasteiger charge is 2.14. The number of benzene rings is 1. The number of ether oxygens (including phenoxy) is 1. The zero-order valence-electron chi connectivity index (χ0n) is 13.9. The van der Waals surface area contributed by atoms with Gasteiger partial charge in [0, 0.05) is 35.9 Å². The van der Waals surface area contributed by atoms with Gasteiger partial charge in [-0.15, -0.1) is 0 Å². The van der Waals surface area contributed by atoms with Crippen molar-refractivity contribution in [2.24, 2.45) is 0 Å². The van der Waals surface area contributed by atoms with Crippen molar-refractivity contribution in [3.8, 4) is 0 Å². The van der Waals surface area contributed by atoms with E-state index in [1.807, 2.05) is 0 Å². The maximum absolute atomic E-state index is 5.22. The average molecular weight is 357 g/mol. The molecule has 1 rings (SSSR count). The van der Waals surface area contributed by atoms with Crippen molar-refractivity contribution in [1.82, 2.24) is 5.32 Å². The molecule has 0 radical (unpaired) electrons. The molecule has 0 aliphatic heterocycles. The van der Waals surface area contributed by atoms with E-state index >= 15 is 0 Å². The lowest BCUT2D eigenvalue weighted by Crippen LogP contribution is -2.33. The monoisotopic (exact) mass is 356 g/mol. The maximum atomic E-state index is 5.22. The van der Waals surface area contributed by atoms with Crippen LogP contribution < -0.4 is 10.2 Å². The summed E-state index contributed by atoms with van der Waals surface area (Å²) in [5.41, 5.74) is 2.54. The summed E-state index contributed by atoms with van der Waals surface area (Å²) in [4.78, 5) is 2.36. The molecule has 1 aromatic rings.